The Morgan fingerprint density at radius 3 is 2.50 bits per heavy atom. The minimum atomic E-state index is 0.378. The van der Waals surface area contributed by atoms with Crippen molar-refractivity contribution in [3.8, 4) is 0 Å². The maximum Gasteiger partial charge on any atom is 0.224 e. The van der Waals surface area contributed by atoms with E-state index < -0.39 is 0 Å². The van der Waals surface area contributed by atoms with Crippen LogP contribution in [0, 0.1) is 28.4 Å². The van der Waals surface area contributed by atoms with Gasteiger partial charge in [0.2, 0.25) is 10.7 Å². The summed E-state index contributed by atoms with van der Waals surface area (Å²) in [5.74, 6) is 5.60. The lowest BCUT2D eigenvalue weighted by Crippen LogP contribution is -2.06. The third-order valence-electron chi connectivity index (χ3n) is 4.74. The summed E-state index contributed by atoms with van der Waals surface area (Å²) in [4.78, 5) is 11.4. The first-order chi connectivity index (χ1) is 7.74. The van der Waals surface area contributed by atoms with Crippen molar-refractivity contribution in [1.82, 2.24) is 15.0 Å². The zero-order valence-electron chi connectivity index (χ0n) is 8.89. The normalized spacial score (nSPS) is 43.4. The lowest BCUT2D eigenvalue weighted by molar-refractivity contribution is 0.456. The van der Waals surface area contributed by atoms with E-state index in [1.54, 1.807) is 0 Å². The highest BCUT2D eigenvalue weighted by Crippen LogP contribution is 2.72. The minimum Gasteiger partial charge on any atom is -0.369 e. The molecule has 3 fully saturated rings. The number of aromatic nitrogens is 3. The van der Waals surface area contributed by atoms with Crippen LogP contribution in [0.1, 0.15) is 31.0 Å². The van der Waals surface area contributed by atoms with Gasteiger partial charge in [-0.15, -0.1) is 0 Å². The molecule has 4 rings (SSSR count). The van der Waals surface area contributed by atoms with Crippen LogP contribution in [0.2, 0.25) is 0 Å². The summed E-state index contributed by atoms with van der Waals surface area (Å²) in [5, 5.41) is 0. The van der Waals surface area contributed by atoms with Crippen LogP contribution in [0.15, 0.2) is 0 Å². The van der Waals surface area contributed by atoms with Gasteiger partial charge in [0.05, 0.1) is 0 Å². The van der Waals surface area contributed by atoms with E-state index in [4.69, 9.17) is 18.0 Å². The van der Waals surface area contributed by atoms with Crippen LogP contribution in [-0.4, -0.2) is 15.0 Å². The summed E-state index contributed by atoms with van der Waals surface area (Å²) < 4.78 is 0.378. The molecule has 16 heavy (non-hydrogen) atoms. The van der Waals surface area contributed by atoms with Crippen LogP contribution in [0.3, 0.4) is 0 Å². The molecule has 1 aromatic heterocycles. The van der Waals surface area contributed by atoms with Crippen LogP contribution >= 0.6 is 12.2 Å². The molecule has 0 aliphatic heterocycles. The molecule has 1 heterocycles. The first-order valence-electron chi connectivity index (χ1n) is 5.98. The maximum absolute atomic E-state index is 5.69. The van der Waals surface area contributed by atoms with Crippen LogP contribution in [0.25, 0.3) is 0 Å². The summed E-state index contributed by atoms with van der Waals surface area (Å²) in [6, 6.07) is 0. The Morgan fingerprint density at radius 2 is 1.88 bits per heavy atom. The Bertz CT molecular complexity index is 495. The number of fused-ring (bicyclic) bond motifs is 5. The van der Waals surface area contributed by atoms with E-state index in [1.165, 1.54) is 19.3 Å². The number of nitrogens with one attached hydrogen (secondary N) is 1. The molecule has 0 saturated heterocycles. The number of anilines is 1. The third-order valence-corrected chi connectivity index (χ3v) is 4.92. The van der Waals surface area contributed by atoms with Gasteiger partial charge in [-0.05, 0) is 55.2 Å². The fourth-order valence-electron chi connectivity index (χ4n) is 4.27. The summed E-state index contributed by atoms with van der Waals surface area (Å²) in [5.41, 5.74) is 5.69. The zero-order valence-corrected chi connectivity index (χ0v) is 9.70. The molecular weight excluding hydrogens is 220 g/mol. The van der Waals surface area contributed by atoms with Crippen molar-refractivity contribution < 1.29 is 0 Å². The predicted octanol–water partition coefficient (Wildman–Crippen LogP) is 1.88. The van der Waals surface area contributed by atoms with Gasteiger partial charge >= 0.3 is 0 Å². The van der Waals surface area contributed by atoms with E-state index in [-0.39, 0.29) is 0 Å². The monoisotopic (exact) mass is 234 g/mol. The van der Waals surface area contributed by atoms with Gasteiger partial charge in [-0.2, -0.15) is 4.98 Å². The van der Waals surface area contributed by atoms with Gasteiger partial charge in [0.1, 0.15) is 5.82 Å². The van der Waals surface area contributed by atoms with Gasteiger partial charge < -0.3 is 10.7 Å². The molecule has 3 aliphatic rings. The second kappa shape index (κ2) is 2.83. The Kier molecular flexibility index (Phi) is 1.61. The summed E-state index contributed by atoms with van der Waals surface area (Å²) in [7, 11) is 0. The minimum absolute atomic E-state index is 0.378. The molecule has 3 saturated carbocycles. The molecule has 84 valence electrons. The van der Waals surface area contributed by atoms with Crippen molar-refractivity contribution in [3.63, 3.8) is 0 Å². The number of nitrogens with two attached hydrogens (primary N) is 1. The van der Waals surface area contributed by atoms with E-state index >= 15 is 0 Å². The van der Waals surface area contributed by atoms with Gasteiger partial charge in [-0.3, -0.25) is 0 Å². The SMILES string of the molecule is Nc1nc(=S)nc(C2C3C4CCC(C4)C23)[nH]1. The smallest absolute Gasteiger partial charge is 0.224 e. The molecule has 4 nitrogen and oxygen atoms in total. The number of aromatic amines is 1. The molecule has 0 amide bonds. The highest BCUT2D eigenvalue weighted by atomic mass is 32.1. The average molecular weight is 234 g/mol. The zero-order chi connectivity index (χ0) is 10.9. The molecule has 0 spiro atoms. The van der Waals surface area contributed by atoms with Crippen molar-refractivity contribution in [2.75, 3.05) is 5.73 Å². The highest BCUT2D eigenvalue weighted by molar-refractivity contribution is 7.71. The number of hydrogen-bond acceptors (Lipinski definition) is 4. The van der Waals surface area contributed by atoms with Gasteiger partial charge in [0.25, 0.3) is 0 Å². The first-order valence-corrected chi connectivity index (χ1v) is 6.38. The van der Waals surface area contributed by atoms with Gasteiger partial charge in [0.15, 0.2) is 0 Å². The van der Waals surface area contributed by atoms with Crippen molar-refractivity contribution in [2.45, 2.75) is 25.2 Å². The van der Waals surface area contributed by atoms with Crippen molar-refractivity contribution in [3.05, 3.63) is 10.6 Å². The van der Waals surface area contributed by atoms with Crippen LogP contribution in [0.5, 0.6) is 0 Å². The van der Waals surface area contributed by atoms with Crippen molar-refractivity contribution in [1.29, 1.82) is 0 Å². The molecule has 0 aromatic carbocycles. The molecular formula is C11H14N4S. The average Bonchev–Trinajstić information content (AvgIpc) is 2.67. The fourth-order valence-corrected chi connectivity index (χ4v) is 4.46. The molecule has 5 heteroatoms. The molecule has 3 aliphatic carbocycles. The largest absolute Gasteiger partial charge is 0.369 e. The van der Waals surface area contributed by atoms with E-state index in [0.29, 0.717) is 16.6 Å². The molecule has 0 radical (unpaired) electrons. The number of H-pyrrole nitrogens is 1. The number of rotatable bonds is 1. The van der Waals surface area contributed by atoms with Gasteiger partial charge in [-0.25, -0.2) is 4.98 Å². The lowest BCUT2D eigenvalue weighted by Gasteiger charge is -2.08. The Hall–Kier alpha value is -0.970. The maximum atomic E-state index is 5.69. The van der Waals surface area contributed by atoms with Gasteiger partial charge in [0, 0.05) is 5.92 Å². The van der Waals surface area contributed by atoms with E-state index in [2.05, 4.69) is 15.0 Å². The fraction of sp³-hybridized carbons (Fsp3) is 0.727. The molecule has 1 aromatic rings. The van der Waals surface area contributed by atoms with Crippen LogP contribution in [0.4, 0.5) is 5.95 Å². The molecule has 2 bridgehead atoms. The van der Waals surface area contributed by atoms with Crippen molar-refractivity contribution >= 4 is 18.2 Å². The first kappa shape index (κ1) is 9.10. The van der Waals surface area contributed by atoms with E-state index in [9.17, 15) is 0 Å². The van der Waals surface area contributed by atoms with E-state index in [1.807, 2.05) is 0 Å². The van der Waals surface area contributed by atoms with Gasteiger partial charge in [-0.1, -0.05) is 0 Å². The van der Waals surface area contributed by atoms with E-state index in [0.717, 1.165) is 29.5 Å². The second-order valence-electron chi connectivity index (χ2n) is 5.42. The molecule has 4 atom stereocenters. The summed E-state index contributed by atoms with van der Waals surface area (Å²) in [6.07, 6.45) is 4.29. The highest BCUT2D eigenvalue weighted by Gasteiger charge is 2.66. The molecule has 4 unspecified atom stereocenters. The predicted molar refractivity (Wildman–Crippen MR) is 62.2 cm³/mol. The Labute approximate surface area is 98.7 Å². The number of nitrogens with zero attached hydrogens (tertiary/aromatic N) is 2. The lowest BCUT2D eigenvalue weighted by atomic mass is 10.0. The van der Waals surface area contributed by atoms with Crippen LogP contribution in [-0.2, 0) is 0 Å². The second-order valence-corrected chi connectivity index (χ2v) is 5.78. The Balaban J connectivity index is 1.71. The topological polar surface area (TPSA) is 67.6 Å². The van der Waals surface area contributed by atoms with Crippen LogP contribution < -0.4 is 5.73 Å². The Morgan fingerprint density at radius 1 is 1.19 bits per heavy atom. The third kappa shape index (κ3) is 1.07. The molecule has 3 N–H and O–H groups in total. The number of hydrogen-bond donors (Lipinski definition) is 2. The standard InChI is InChI=1S/C11H14N4S/c12-10-13-9(14-11(16)15-10)8-6-4-1-2-5(3-4)7(6)8/h4-8H,1-3H2,(H3,12,13,14,15,16). The summed E-state index contributed by atoms with van der Waals surface area (Å²) >= 11 is 5.02. The summed E-state index contributed by atoms with van der Waals surface area (Å²) in [6.45, 7) is 0. The number of nitrogen functional groups attached to an aromatic ring is 1. The quantitative estimate of drug-likeness (QED) is 0.728. The van der Waals surface area contributed by atoms with Crippen molar-refractivity contribution in [2.24, 2.45) is 23.7 Å².